The molecule has 1 saturated carbocycles. The molecule has 2 N–H and O–H groups in total. The Kier molecular flexibility index (Phi) is 3.06. The minimum Gasteiger partial charge on any atom is -0.329 e. The zero-order valence-corrected chi connectivity index (χ0v) is 10.4. The summed E-state index contributed by atoms with van der Waals surface area (Å²) in [6.45, 7) is 9.04. The molecule has 0 bridgehead atoms. The molecule has 3 nitrogen and oxygen atoms in total. The largest absolute Gasteiger partial charge is 0.329 e. The summed E-state index contributed by atoms with van der Waals surface area (Å²) in [5.41, 5.74) is 6.28. The Morgan fingerprint density at radius 1 is 1.33 bits per heavy atom. The van der Waals surface area contributed by atoms with Crippen LogP contribution in [0.1, 0.15) is 26.7 Å². The highest BCUT2D eigenvalue weighted by molar-refractivity contribution is 5.02. The molecular weight excluding hydrogens is 186 g/mol. The van der Waals surface area contributed by atoms with Gasteiger partial charge in [0.15, 0.2) is 0 Å². The van der Waals surface area contributed by atoms with Crippen molar-refractivity contribution in [3.8, 4) is 0 Å². The van der Waals surface area contributed by atoms with Crippen LogP contribution in [0, 0.1) is 5.92 Å². The van der Waals surface area contributed by atoms with Gasteiger partial charge in [-0.3, -0.25) is 4.90 Å². The van der Waals surface area contributed by atoms with Crippen molar-refractivity contribution < 1.29 is 0 Å². The van der Waals surface area contributed by atoms with Crippen LogP contribution in [0.15, 0.2) is 0 Å². The van der Waals surface area contributed by atoms with Crippen LogP contribution in [0.4, 0.5) is 0 Å². The summed E-state index contributed by atoms with van der Waals surface area (Å²) in [4.78, 5) is 5.08. The smallest absolute Gasteiger partial charge is 0.0332 e. The fourth-order valence-corrected chi connectivity index (χ4v) is 2.77. The Hall–Kier alpha value is -0.120. The molecule has 15 heavy (non-hydrogen) atoms. The molecule has 0 aromatic rings. The Balaban J connectivity index is 2.02. The molecule has 2 aliphatic rings. The number of nitrogens with two attached hydrogens (primary N) is 1. The molecule has 0 aromatic carbocycles. The van der Waals surface area contributed by atoms with Crippen LogP contribution < -0.4 is 5.73 Å². The highest BCUT2D eigenvalue weighted by atomic mass is 15.3. The van der Waals surface area contributed by atoms with Crippen molar-refractivity contribution in [1.82, 2.24) is 9.80 Å². The first-order valence-electron chi connectivity index (χ1n) is 6.23. The van der Waals surface area contributed by atoms with E-state index < -0.39 is 0 Å². The number of hydrogen-bond acceptors (Lipinski definition) is 3. The van der Waals surface area contributed by atoms with E-state index in [1.807, 2.05) is 0 Å². The third-order valence-corrected chi connectivity index (χ3v) is 4.55. The quantitative estimate of drug-likeness (QED) is 0.748. The van der Waals surface area contributed by atoms with Crippen molar-refractivity contribution in [2.75, 3.05) is 33.2 Å². The number of hydrogen-bond donors (Lipinski definition) is 1. The Bertz CT molecular complexity index is 227. The topological polar surface area (TPSA) is 32.5 Å². The highest BCUT2D eigenvalue weighted by Gasteiger charge is 2.45. The van der Waals surface area contributed by atoms with Gasteiger partial charge in [-0.05, 0) is 39.7 Å². The second-order valence-electron chi connectivity index (χ2n) is 5.61. The van der Waals surface area contributed by atoms with E-state index in [4.69, 9.17) is 5.73 Å². The highest BCUT2D eigenvalue weighted by Crippen LogP contribution is 2.43. The van der Waals surface area contributed by atoms with Gasteiger partial charge in [0.1, 0.15) is 0 Å². The van der Waals surface area contributed by atoms with Gasteiger partial charge in [-0.1, -0.05) is 0 Å². The first-order valence-corrected chi connectivity index (χ1v) is 6.23. The van der Waals surface area contributed by atoms with E-state index in [1.54, 1.807) is 0 Å². The third kappa shape index (κ3) is 2.05. The Labute approximate surface area is 93.6 Å². The van der Waals surface area contributed by atoms with Crippen molar-refractivity contribution in [1.29, 1.82) is 0 Å². The van der Waals surface area contributed by atoms with Crippen molar-refractivity contribution >= 4 is 0 Å². The van der Waals surface area contributed by atoms with Gasteiger partial charge in [-0.15, -0.1) is 0 Å². The maximum atomic E-state index is 6.00. The van der Waals surface area contributed by atoms with Crippen LogP contribution >= 0.6 is 0 Å². The van der Waals surface area contributed by atoms with Gasteiger partial charge < -0.3 is 10.6 Å². The summed E-state index contributed by atoms with van der Waals surface area (Å²) in [7, 11) is 2.22. The number of piperazine rings is 1. The molecular formula is C12H25N3. The predicted molar refractivity (Wildman–Crippen MR) is 63.8 cm³/mol. The molecule has 2 atom stereocenters. The Morgan fingerprint density at radius 2 is 2.00 bits per heavy atom. The molecule has 1 heterocycles. The maximum Gasteiger partial charge on any atom is 0.0332 e. The van der Waals surface area contributed by atoms with Gasteiger partial charge in [0.25, 0.3) is 0 Å². The minimum absolute atomic E-state index is 0.273. The summed E-state index contributed by atoms with van der Waals surface area (Å²) in [5, 5.41) is 0. The summed E-state index contributed by atoms with van der Waals surface area (Å²) < 4.78 is 0. The van der Waals surface area contributed by atoms with Crippen LogP contribution in [0.2, 0.25) is 0 Å². The molecule has 0 spiro atoms. The van der Waals surface area contributed by atoms with Gasteiger partial charge in [-0.25, -0.2) is 0 Å². The van der Waals surface area contributed by atoms with E-state index in [-0.39, 0.29) is 5.54 Å². The molecule has 2 fully saturated rings. The lowest BCUT2D eigenvalue weighted by molar-refractivity contribution is 0.0158. The van der Waals surface area contributed by atoms with Crippen molar-refractivity contribution in [2.24, 2.45) is 11.7 Å². The van der Waals surface area contributed by atoms with E-state index >= 15 is 0 Å². The van der Waals surface area contributed by atoms with Crippen LogP contribution in [0.3, 0.4) is 0 Å². The molecule has 2 unspecified atom stereocenters. The van der Waals surface area contributed by atoms with E-state index in [1.165, 1.54) is 32.5 Å². The fraction of sp³-hybridized carbons (Fsp3) is 1.00. The first-order chi connectivity index (χ1) is 7.08. The molecule has 0 amide bonds. The molecule has 88 valence electrons. The summed E-state index contributed by atoms with van der Waals surface area (Å²) in [6, 6.07) is 0.670. The molecule has 1 aliphatic heterocycles. The predicted octanol–water partition coefficient (Wildman–Crippen LogP) is 0.750. The second kappa shape index (κ2) is 4.04. The molecule has 3 heteroatoms. The van der Waals surface area contributed by atoms with Gasteiger partial charge in [0.05, 0.1) is 0 Å². The minimum atomic E-state index is 0.273. The SMILES string of the molecule is CC1CN(C(C)(CN)C2CC2)CCN1C. The van der Waals surface area contributed by atoms with Gasteiger partial charge in [0, 0.05) is 37.8 Å². The van der Waals surface area contributed by atoms with Crippen molar-refractivity contribution in [2.45, 2.75) is 38.3 Å². The number of nitrogens with zero attached hydrogens (tertiary/aromatic N) is 2. The standard InChI is InChI=1S/C12H25N3/c1-10-8-15(7-6-14(10)3)12(2,9-13)11-4-5-11/h10-11H,4-9,13H2,1-3H3. The Morgan fingerprint density at radius 3 is 2.47 bits per heavy atom. The van der Waals surface area contributed by atoms with E-state index in [0.717, 1.165) is 12.5 Å². The normalized spacial score (nSPS) is 34.0. The van der Waals surface area contributed by atoms with Gasteiger partial charge in [0.2, 0.25) is 0 Å². The van der Waals surface area contributed by atoms with E-state index in [9.17, 15) is 0 Å². The maximum absolute atomic E-state index is 6.00. The molecule has 0 radical (unpaired) electrons. The zero-order chi connectivity index (χ0) is 11.1. The number of rotatable bonds is 3. The van der Waals surface area contributed by atoms with Gasteiger partial charge >= 0.3 is 0 Å². The molecule has 1 saturated heterocycles. The van der Waals surface area contributed by atoms with Crippen molar-refractivity contribution in [3.05, 3.63) is 0 Å². The van der Waals surface area contributed by atoms with E-state index in [0.29, 0.717) is 6.04 Å². The average Bonchev–Trinajstić information content (AvgIpc) is 3.04. The van der Waals surface area contributed by atoms with E-state index in [2.05, 4.69) is 30.7 Å². The number of likely N-dealkylation sites (N-methyl/N-ethyl adjacent to an activating group) is 1. The summed E-state index contributed by atoms with van der Waals surface area (Å²) in [5.74, 6) is 0.859. The third-order valence-electron chi connectivity index (χ3n) is 4.55. The lowest BCUT2D eigenvalue weighted by Gasteiger charge is -2.47. The summed E-state index contributed by atoms with van der Waals surface area (Å²) in [6.07, 6.45) is 2.77. The van der Waals surface area contributed by atoms with Crippen LogP contribution in [-0.4, -0.2) is 54.6 Å². The second-order valence-corrected chi connectivity index (χ2v) is 5.61. The van der Waals surface area contributed by atoms with Crippen LogP contribution in [0.25, 0.3) is 0 Å². The summed E-state index contributed by atoms with van der Waals surface area (Å²) >= 11 is 0. The lowest BCUT2D eigenvalue weighted by Crippen LogP contribution is -2.61. The monoisotopic (exact) mass is 211 g/mol. The first kappa shape index (κ1) is 11.4. The zero-order valence-electron chi connectivity index (χ0n) is 10.4. The molecule has 0 aromatic heterocycles. The van der Waals surface area contributed by atoms with Crippen LogP contribution in [0.5, 0.6) is 0 Å². The molecule has 1 aliphatic carbocycles. The molecule has 2 rings (SSSR count). The van der Waals surface area contributed by atoms with Gasteiger partial charge in [-0.2, -0.15) is 0 Å². The van der Waals surface area contributed by atoms with Crippen molar-refractivity contribution in [3.63, 3.8) is 0 Å². The van der Waals surface area contributed by atoms with Crippen LogP contribution in [-0.2, 0) is 0 Å². The lowest BCUT2D eigenvalue weighted by atomic mass is 9.92. The fourth-order valence-electron chi connectivity index (χ4n) is 2.77. The average molecular weight is 211 g/mol.